The molecule has 0 N–H and O–H groups in total. The number of nitrogens with zero attached hydrogens (tertiary/aromatic N) is 3. The average molecular weight is 718 g/mol. The second kappa shape index (κ2) is 12.8. The van der Waals surface area contributed by atoms with Gasteiger partial charge >= 0.3 is 0 Å². The van der Waals surface area contributed by atoms with E-state index in [9.17, 15) is 0 Å². The van der Waals surface area contributed by atoms with Crippen LogP contribution < -0.4 is 0 Å². The molecule has 0 bridgehead atoms. The number of pyridine rings is 1. The highest BCUT2D eigenvalue weighted by molar-refractivity contribution is 7.26. The molecule has 0 radical (unpaired) electrons. The first-order valence-corrected chi connectivity index (χ1v) is 19.3. The predicted octanol–water partition coefficient (Wildman–Crippen LogP) is 14.0. The SMILES string of the molecule is c1ccc(-c2nc(-c3ccc(-c4ccc5c(ccc6ccccc65)c4)cc3)cc(-c3cccc(-c4nc5c6ccccc6sc5c5ccccc45)c3)n2)cc1. The van der Waals surface area contributed by atoms with Crippen LogP contribution in [0.3, 0.4) is 0 Å². The first-order valence-electron chi connectivity index (χ1n) is 18.5. The minimum absolute atomic E-state index is 0.694. The van der Waals surface area contributed by atoms with Gasteiger partial charge in [-0.15, -0.1) is 11.3 Å². The fraction of sp³-hybridized carbons (Fsp3) is 0. The van der Waals surface area contributed by atoms with Crippen molar-refractivity contribution in [2.75, 3.05) is 0 Å². The van der Waals surface area contributed by atoms with Gasteiger partial charge in [-0.1, -0.05) is 164 Å². The van der Waals surface area contributed by atoms with Gasteiger partial charge in [-0.2, -0.15) is 0 Å². The summed E-state index contributed by atoms with van der Waals surface area (Å²) >= 11 is 1.81. The van der Waals surface area contributed by atoms with Crippen molar-refractivity contribution >= 4 is 64.0 Å². The Kier molecular flexibility index (Phi) is 7.35. The van der Waals surface area contributed by atoms with E-state index in [0.717, 1.165) is 50.2 Å². The fourth-order valence-corrected chi connectivity index (χ4v) is 9.10. The summed E-state index contributed by atoms with van der Waals surface area (Å²) in [6.45, 7) is 0. The number of thiophene rings is 1. The first-order chi connectivity index (χ1) is 27.2. The second-order valence-corrected chi connectivity index (χ2v) is 15.0. The molecule has 4 heteroatoms. The fourth-order valence-electron chi connectivity index (χ4n) is 7.92. The van der Waals surface area contributed by atoms with Crippen molar-refractivity contribution < 1.29 is 0 Å². The molecule has 11 aromatic rings. The van der Waals surface area contributed by atoms with E-state index in [2.05, 4.69) is 170 Å². The molecule has 0 aliphatic carbocycles. The normalized spacial score (nSPS) is 11.6. The highest BCUT2D eigenvalue weighted by Gasteiger charge is 2.17. The average Bonchev–Trinajstić information content (AvgIpc) is 3.65. The molecule has 0 amide bonds. The van der Waals surface area contributed by atoms with Crippen LogP contribution in [0, 0.1) is 0 Å². The van der Waals surface area contributed by atoms with E-state index >= 15 is 0 Å². The maximum atomic E-state index is 5.37. The van der Waals surface area contributed by atoms with Crippen molar-refractivity contribution in [3.8, 4) is 56.3 Å². The van der Waals surface area contributed by atoms with Gasteiger partial charge in [-0.05, 0) is 56.9 Å². The molecule has 0 atom stereocenters. The lowest BCUT2D eigenvalue weighted by molar-refractivity contribution is 1.18. The van der Waals surface area contributed by atoms with Gasteiger partial charge in [0.05, 0.1) is 27.3 Å². The number of benzene rings is 8. The van der Waals surface area contributed by atoms with Crippen LogP contribution in [0.2, 0.25) is 0 Å². The van der Waals surface area contributed by atoms with Gasteiger partial charge in [0.2, 0.25) is 0 Å². The highest BCUT2D eigenvalue weighted by atomic mass is 32.1. The van der Waals surface area contributed by atoms with E-state index in [1.54, 1.807) is 0 Å². The van der Waals surface area contributed by atoms with Crippen molar-refractivity contribution in [1.82, 2.24) is 15.0 Å². The molecule has 55 heavy (non-hydrogen) atoms. The Morgan fingerprint density at radius 3 is 1.80 bits per heavy atom. The smallest absolute Gasteiger partial charge is 0.160 e. The minimum atomic E-state index is 0.694. The molecule has 3 heterocycles. The van der Waals surface area contributed by atoms with Crippen molar-refractivity contribution in [3.05, 3.63) is 188 Å². The van der Waals surface area contributed by atoms with E-state index in [1.807, 2.05) is 29.5 Å². The Morgan fingerprint density at radius 2 is 0.945 bits per heavy atom. The summed E-state index contributed by atoms with van der Waals surface area (Å²) in [7, 11) is 0. The lowest BCUT2D eigenvalue weighted by Gasteiger charge is -2.12. The number of fused-ring (bicyclic) bond motifs is 8. The van der Waals surface area contributed by atoms with Crippen LogP contribution >= 0.6 is 11.3 Å². The van der Waals surface area contributed by atoms with Crippen molar-refractivity contribution in [1.29, 1.82) is 0 Å². The Bertz CT molecular complexity index is 3260. The summed E-state index contributed by atoms with van der Waals surface area (Å²) < 4.78 is 2.48. The second-order valence-electron chi connectivity index (χ2n) is 14.0. The molecule has 3 aromatic heterocycles. The van der Waals surface area contributed by atoms with E-state index in [-0.39, 0.29) is 0 Å². The monoisotopic (exact) mass is 717 g/mol. The molecule has 11 rings (SSSR count). The van der Waals surface area contributed by atoms with Crippen molar-refractivity contribution in [3.63, 3.8) is 0 Å². The van der Waals surface area contributed by atoms with Crippen LogP contribution in [0.25, 0.3) is 109 Å². The summed E-state index contributed by atoms with van der Waals surface area (Å²) in [6, 6.07) is 66.7. The summed E-state index contributed by atoms with van der Waals surface area (Å²) in [5.74, 6) is 0.694. The Labute approximate surface area is 321 Å². The van der Waals surface area contributed by atoms with Crippen LogP contribution in [0.4, 0.5) is 0 Å². The molecule has 0 saturated carbocycles. The molecular weight excluding hydrogens is 687 g/mol. The molecule has 0 unspecified atom stereocenters. The van der Waals surface area contributed by atoms with Gasteiger partial charge in [0.25, 0.3) is 0 Å². The van der Waals surface area contributed by atoms with E-state index in [1.165, 1.54) is 52.8 Å². The summed E-state index contributed by atoms with van der Waals surface area (Å²) in [4.78, 5) is 15.7. The quantitative estimate of drug-likeness (QED) is 0.166. The van der Waals surface area contributed by atoms with Crippen LogP contribution in [0.15, 0.2) is 188 Å². The molecule has 0 spiro atoms. The van der Waals surface area contributed by atoms with Crippen LogP contribution in [0.1, 0.15) is 0 Å². The van der Waals surface area contributed by atoms with Gasteiger partial charge in [0.1, 0.15) is 0 Å². The Balaban J connectivity index is 1.01. The van der Waals surface area contributed by atoms with Gasteiger partial charge in [0.15, 0.2) is 5.82 Å². The van der Waals surface area contributed by atoms with Crippen LogP contribution in [0.5, 0.6) is 0 Å². The minimum Gasteiger partial charge on any atom is -0.246 e. The first kappa shape index (κ1) is 31.5. The zero-order valence-corrected chi connectivity index (χ0v) is 30.5. The molecule has 0 fully saturated rings. The molecular formula is C51H31N3S. The number of aromatic nitrogens is 3. The lowest BCUT2D eigenvalue weighted by atomic mass is 9.96. The van der Waals surface area contributed by atoms with E-state index < -0.39 is 0 Å². The summed E-state index contributed by atoms with van der Waals surface area (Å²) in [5.41, 5.74) is 10.2. The molecule has 8 aromatic carbocycles. The maximum Gasteiger partial charge on any atom is 0.160 e. The largest absolute Gasteiger partial charge is 0.246 e. The van der Waals surface area contributed by atoms with E-state index in [4.69, 9.17) is 15.0 Å². The third kappa shape index (κ3) is 5.46. The van der Waals surface area contributed by atoms with Gasteiger partial charge in [-0.25, -0.2) is 15.0 Å². The lowest BCUT2D eigenvalue weighted by Crippen LogP contribution is -1.96. The molecule has 256 valence electrons. The topological polar surface area (TPSA) is 38.7 Å². The predicted molar refractivity (Wildman–Crippen MR) is 232 cm³/mol. The van der Waals surface area contributed by atoms with Crippen LogP contribution in [-0.4, -0.2) is 15.0 Å². The van der Waals surface area contributed by atoms with Gasteiger partial charge < -0.3 is 0 Å². The summed E-state index contributed by atoms with van der Waals surface area (Å²) in [6.07, 6.45) is 0. The number of hydrogen-bond acceptors (Lipinski definition) is 4. The van der Waals surface area contributed by atoms with Crippen molar-refractivity contribution in [2.24, 2.45) is 0 Å². The third-order valence-corrected chi connectivity index (χ3v) is 11.9. The van der Waals surface area contributed by atoms with Gasteiger partial charge in [0, 0.05) is 43.1 Å². The zero-order chi connectivity index (χ0) is 36.3. The van der Waals surface area contributed by atoms with E-state index in [0.29, 0.717) is 5.82 Å². The molecule has 0 aliphatic heterocycles. The van der Waals surface area contributed by atoms with Crippen molar-refractivity contribution in [2.45, 2.75) is 0 Å². The zero-order valence-electron chi connectivity index (χ0n) is 29.6. The summed E-state index contributed by atoms with van der Waals surface area (Å²) in [5, 5.41) is 8.62. The maximum absolute atomic E-state index is 5.37. The van der Waals surface area contributed by atoms with Gasteiger partial charge in [-0.3, -0.25) is 0 Å². The molecule has 0 saturated heterocycles. The standard InChI is InChI=1S/C51H31N3S/c1-2-12-35(13-3-1)51-52-45(34-24-21-32(22-25-34)36-27-28-41-37(29-36)26-23-33-11-4-5-16-40(33)41)31-46(53-51)38-14-10-15-39(30-38)48-42-17-6-7-18-43(42)50-49(54-48)44-19-8-9-20-47(44)55-50/h1-31H. The number of hydrogen-bond donors (Lipinski definition) is 0. The number of rotatable bonds is 5. The Hall–Kier alpha value is -7.01. The third-order valence-electron chi connectivity index (χ3n) is 10.7. The highest BCUT2D eigenvalue weighted by Crippen LogP contribution is 2.41. The Morgan fingerprint density at radius 1 is 0.327 bits per heavy atom. The van der Waals surface area contributed by atoms with Crippen LogP contribution in [-0.2, 0) is 0 Å². The molecule has 3 nitrogen and oxygen atoms in total. The molecule has 0 aliphatic rings.